The van der Waals surface area contributed by atoms with Gasteiger partial charge in [-0.3, -0.25) is 9.88 Å². The number of hydrogen-bond acceptors (Lipinski definition) is 3. The molecule has 0 bridgehead atoms. The number of rotatable bonds is 3. The first-order chi connectivity index (χ1) is 8.12. The Morgan fingerprint density at radius 1 is 1.47 bits per heavy atom. The molecule has 1 N–H and O–H groups in total. The summed E-state index contributed by atoms with van der Waals surface area (Å²) in [5, 5.41) is 9.47. The molecule has 2 heterocycles. The molecule has 1 atom stereocenters. The number of aromatic nitrogens is 1. The molecular formula is C14H22N2O. The molecule has 1 saturated heterocycles. The van der Waals surface area contributed by atoms with E-state index in [0.29, 0.717) is 5.92 Å². The van der Waals surface area contributed by atoms with E-state index in [0.717, 1.165) is 31.7 Å². The molecule has 1 fully saturated rings. The molecule has 0 saturated carbocycles. The van der Waals surface area contributed by atoms with Gasteiger partial charge in [0.15, 0.2) is 0 Å². The van der Waals surface area contributed by atoms with Crippen LogP contribution in [-0.2, 0) is 6.54 Å². The van der Waals surface area contributed by atoms with Crippen LogP contribution in [0.15, 0.2) is 24.4 Å². The van der Waals surface area contributed by atoms with Crippen LogP contribution in [0.3, 0.4) is 0 Å². The highest BCUT2D eigenvalue weighted by Gasteiger charge is 2.34. The van der Waals surface area contributed by atoms with Crippen molar-refractivity contribution in [2.45, 2.75) is 26.8 Å². The van der Waals surface area contributed by atoms with Crippen LogP contribution in [0.4, 0.5) is 0 Å². The Bertz CT molecular complexity index is 350. The summed E-state index contributed by atoms with van der Waals surface area (Å²) in [7, 11) is 0. The number of piperidine rings is 1. The molecule has 2 rings (SSSR count). The van der Waals surface area contributed by atoms with Crippen molar-refractivity contribution in [2.75, 3.05) is 19.7 Å². The topological polar surface area (TPSA) is 36.4 Å². The van der Waals surface area contributed by atoms with Crippen LogP contribution >= 0.6 is 0 Å². The normalized spacial score (nSPS) is 24.8. The van der Waals surface area contributed by atoms with E-state index in [1.54, 1.807) is 0 Å². The van der Waals surface area contributed by atoms with Crippen LogP contribution in [0, 0.1) is 11.3 Å². The quantitative estimate of drug-likeness (QED) is 0.868. The molecule has 1 aliphatic rings. The fourth-order valence-electron chi connectivity index (χ4n) is 2.47. The summed E-state index contributed by atoms with van der Waals surface area (Å²) in [6.45, 7) is 7.76. The van der Waals surface area contributed by atoms with Gasteiger partial charge in [0.2, 0.25) is 0 Å². The lowest BCUT2D eigenvalue weighted by atomic mass is 9.74. The predicted octanol–water partition coefficient (Wildman–Crippen LogP) is 1.92. The van der Waals surface area contributed by atoms with E-state index in [4.69, 9.17) is 0 Å². The Kier molecular flexibility index (Phi) is 3.79. The smallest absolute Gasteiger partial charge is 0.0543 e. The van der Waals surface area contributed by atoms with Crippen molar-refractivity contribution in [1.29, 1.82) is 0 Å². The van der Waals surface area contributed by atoms with E-state index in [9.17, 15) is 5.11 Å². The summed E-state index contributed by atoms with van der Waals surface area (Å²) < 4.78 is 0. The highest BCUT2D eigenvalue weighted by molar-refractivity contribution is 5.03. The minimum Gasteiger partial charge on any atom is -0.396 e. The Hall–Kier alpha value is -0.930. The minimum atomic E-state index is 0.259. The average molecular weight is 234 g/mol. The molecule has 1 aromatic rings. The largest absolute Gasteiger partial charge is 0.396 e. The van der Waals surface area contributed by atoms with Gasteiger partial charge >= 0.3 is 0 Å². The van der Waals surface area contributed by atoms with Crippen molar-refractivity contribution in [3.05, 3.63) is 30.1 Å². The zero-order valence-electron chi connectivity index (χ0n) is 10.8. The number of nitrogens with zero attached hydrogens (tertiary/aromatic N) is 2. The lowest BCUT2D eigenvalue weighted by molar-refractivity contribution is 0.0190. The maximum absolute atomic E-state index is 9.47. The SMILES string of the molecule is CC1(C)CCN(Cc2ccccn2)CC1CO. The van der Waals surface area contributed by atoms with Crippen molar-refractivity contribution in [1.82, 2.24) is 9.88 Å². The van der Waals surface area contributed by atoms with Crippen molar-refractivity contribution in [2.24, 2.45) is 11.3 Å². The standard InChI is InChI=1S/C14H22N2O/c1-14(2)6-8-16(9-12(14)11-17)10-13-5-3-4-7-15-13/h3-5,7,12,17H,6,8-11H2,1-2H3. The van der Waals surface area contributed by atoms with Gasteiger partial charge in [-0.25, -0.2) is 0 Å². The van der Waals surface area contributed by atoms with E-state index in [2.05, 4.69) is 29.8 Å². The van der Waals surface area contributed by atoms with E-state index in [-0.39, 0.29) is 12.0 Å². The third kappa shape index (κ3) is 3.05. The van der Waals surface area contributed by atoms with Gasteiger partial charge in [0, 0.05) is 25.9 Å². The summed E-state index contributed by atoms with van der Waals surface area (Å²) >= 11 is 0. The lowest BCUT2D eigenvalue weighted by Crippen LogP contribution is -2.45. The van der Waals surface area contributed by atoms with E-state index >= 15 is 0 Å². The molecule has 3 heteroatoms. The molecule has 17 heavy (non-hydrogen) atoms. The van der Waals surface area contributed by atoms with Crippen LogP contribution in [-0.4, -0.2) is 34.7 Å². The van der Waals surface area contributed by atoms with Crippen LogP contribution in [0.25, 0.3) is 0 Å². The Labute approximate surface area is 103 Å². The van der Waals surface area contributed by atoms with Crippen molar-refractivity contribution >= 4 is 0 Å². The highest BCUT2D eigenvalue weighted by atomic mass is 16.3. The summed E-state index contributed by atoms with van der Waals surface area (Å²) in [6.07, 6.45) is 2.98. The van der Waals surface area contributed by atoms with Gasteiger partial charge in [0.1, 0.15) is 0 Å². The molecule has 1 aliphatic heterocycles. The lowest BCUT2D eigenvalue weighted by Gasteiger charge is -2.43. The number of pyridine rings is 1. The molecule has 1 aromatic heterocycles. The average Bonchev–Trinajstić information content (AvgIpc) is 2.33. The van der Waals surface area contributed by atoms with Gasteiger partial charge < -0.3 is 5.11 Å². The van der Waals surface area contributed by atoms with E-state index < -0.39 is 0 Å². The van der Waals surface area contributed by atoms with E-state index in [1.165, 1.54) is 0 Å². The fraction of sp³-hybridized carbons (Fsp3) is 0.643. The number of hydrogen-bond donors (Lipinski definition) is 1. The Balaban J connectivity index is 1.96. The summed E-state index contributed by atoms with van der Waals surface area (Å²) in [6, 6.07) is 6.03. The first-order valence-electron chi connectivity index (χ1n) is 6.35. The second-order valence-corrected chi connectivity index (χ2v) is 5.67. The first-order valence-corrected chi connectivity index (χ1v) is 6.35. The monoisotopic (exact) mass is 234 g/mol. The van der Waals surface area contributed by atoms with Gasteiger partial charge in [0.05, 0.1) is 5.69 Å². The molecule has 0 amide bonds. The summed E-state index contributed by atoms with van der Waals surface area (Å²) in [5.74, 6) is 0.375. The molecule has 0 aliphatic carbocycles. The van der Waals surface area contributed by atoms with Gasteiger partial charge in [0.25, 0.3) is 0 Å². The van der Waals surface area contributed by atoms with Crippen LogP contribution in [0.1, 0.15) is 26.0 Å². The van der Waals surface area contributed by atoms with Gasteiger partial charge in [-0.15, -0.1) is 0 Å². The summed E-state index contributed by atoms with van der Waals surface area (Å²) in [4.78, 5) is 6.75. The zero-order chi connectivity index (χ0) is 12.3. The van der Waals surface area contributed by atoms with Crippen molar-refractivity contribution in [3.63, 3.8) is 0 Å². The predicted molar refractivity (Wildman–Crippen MR) is 68.5 cm³/mol. The van der Waals surface area contributed by atoms with E-state index in [1.807, 2.05) is 18.3 Å². The molecule has 0 spiro atoms. The number of aliphatic hydroxyl groups is 1. The molecular weight excluding hydrogens is 212 g/mol. The van der Waals surface area contributed by atoms with Crippen LogP contribution < -0.4 is 0 Å². The first kappa shape index (κ1) is 12.5. The van der Waals surface area contributed by atoms with Crippen molar-refractivity contribution in [3.8, 4) is 0 Å². The fourth-order valence-corrected chi connectivity index (χ4v) is 2.47. The molecule has 94 valence electrons. The third-order valence-electron chi connectivity index (χ3n) is 3.99. The second kappa shape index (κ2) is 5.15. The molecule has 3 nitrogen and oxygen atoms in total. The number of likely N-dealkylation sites (tertiary alicyclic amines) is 1. The molecule has 0 radical (unpaired) electrons. The van der Waals surface area contributed by atoms with Gasteiger partial charge in [-0.1, -0.05) is 19.9 Å². The molecule has 1 unspecified atom stereocenters. The zero-order valence-corrected chi connectivity index (χ0v) is 10.8. The number of aliphatic hydroxyl groups excluding tert-OH is 1. The minimum absolute atomic E-state index is 0.259. The third-order valence-corrected chi connectivity index (χ3v) is 3.99. The van der Waals surface area contributed by atoms with Gasteiger partial charge in [-0.05, 0) is 36.4 Å². The Morgan fingerprint density at radius 2 is 2.29 bits per heavy atom. The summed E-state index contributed by atoms with van der Waals surface area (Å²) in [5.41, 5.74) is 1.37. The highest BCUT2D eigenvalue weighted by Crippen LogP contribution is 2.35. The van der Waals surface area contributed by atoms with Crippen LogP contribution in [0.5, 0.6) is 0 Å². The maximum atomic E-state index is 9.47. The Morgan fingerprint density at radius 3 is 2.94 bits per heavy atom. The van der Waals surface area contributed by atoms with Crippen LogP contribution in [0.2, 0.25) is 0 Å². The van der Waals surface area contributed by atoms with Gasteiger partial charge in [-0.2, -0.15) is 0 Å². The second-order valence-electron chi connectivity index (χ2n) is 5.67. The molecule has 0 aromatic carbocycles. The maximum Gasteiger partial charge on any atom is 0.0543 e. The van der Waals surface area contributed by atoms with Crippen molar-refractivity contribution < 1.29 is 5.11 Å².